The highest BCUT2D eigenvalue weighted by atomic mass is 19.1. The summed E-state index contributed by atoms with van der Waals surface area (Å²) in [6.45, 7) is 2.07. The van der Waals surface area contributed by atoms with E-state index < -0.39 is 18.6 Å². The molecule has 1 amide bonds. The third-order valence-corrected chi connectivity index (χ3v) is 5.73. The number of fused-ring (bicyclic) bond motifs is 1. The number of rotatable bonds is 5. The van der Waals surface area contributed by atoms with E-state index in [-0.39, 0.29) is 18.3 Å². The van der Waals surface area contributed by atoms with Gasteiger partial charge < -0.3 is 19.7 Å². The lowest BCUT2D eigenvalue weighted by atomic mass is 9.74. The van der Waals surface area contributed by atoms with Crippen LogP contribution >= 0.6 is 0 Å². The van der Waals surface area contributed by atoms with Crippen molar-refractivity contribution in [3.05, 3.63) is 64.5 Å². The second-order valence-electron chi connectivity index (χ2n) is 7.57. The Labute approximate surface area is 168 Å². The largest absolute Gasteiger partial charge is 0.492 e. The van der Waals surface area contributed by atoms with Crippen LogP contribution in [0.5, 0.6) is 0 Å². The van der Waals surface area contributed by atoms with E-state index in [4.69, 9.17) is 9.39 Å². The number of hydrogen-bond acceptors (Lipinski definition) is 5. The number of amides is 1. The van der Waals surface area contributed by atoms with Gasteiger partial charge in [-0.2, -0.15) is 0 Å². The summed E-state index contributed by atoms with van der Waals surface area (Å²) in [6.07, 6.45) is 1.80. The third-order valence-electron chi connectivity index (χ3n) is 5.73. The molecule has 0 aromatic heterocycles. The number of carbonyl (C=O) groups is 2. The van der Waals surface area contributed by atoms with Crippen molar-refractivity contribution in [2.45, 2.75) is 44.9 Å². The zero-order chi connectivity index (χ0) is 20.6. The minimum Gasteiger partial charge on any atom is -0.459 e. The summed E-state index contributed by atoms with van der Waals surface area (Å²) in [4.78, 5) is 25.6. The Morgan fingerprint density at radius 1 is 1.24 bits per heavy atom. The van der Waals surface area contributed by atoms with E-state index in [1.165, 1.54) is 12.1 Å². The van der Waals surface area contributed by atoms with E-state index in [2.05, 4.69) is 5.32 Å². The van der Waals surface area contributed by atoms with E-state index in [1.807, 2.05) is 0 Å². The maximum atomic E-state index is 13.0. The molecule has 1 aliphatic heterocycles. The Bertz CT molecular complexity index is 958. The minimum atomic E-state index is -1.06. The van der Waals surface area contributed by atoms with E-state index in [0.29, 0.717) is 41.6 Å². The summed E-state index contributed by atoms with van der Waals surface area (Å²) in [6, 6.07) is 9.15. The maximum Gasteiger partial charge on any atom is 0.492 e. The van der Waals surface area contributed by atoms with Crippen molar-refractivity contribution in [1.29, 1.82) is 0 Å². The molecule has 1 aliphatic carbocycles. The van der Waals surface area contributed by atoms with Crippen LogP contribution in [-0.4, -0.2) is 29.6 Å². The van der Waals surface area contributed by atoms with Gasteiger partial charge in [-0.15, -0.1) is 0 Å². The average Bonchev–Trinajstić information content (AvgIpc) is 3.06. The second kappa shape index (κ2) is 7.61. The van der Waals surface area contributed by atoms with Gasteiger partial charge in [0, 0.05) is 5.56 Å². The molecule has 29 heavy (non-hydrogen) atoms. The standard InChI is InChI=1S/C21H21BFNO5/c1-13-17(8-5-15-12-29-22(27)18(13)15)19(25)24-21(9-2-10-21)20(26)28-11-14-3-6-16(23)7-4-14/h3-8,27H,2,9-12H2,1H3,(H,24,25). The van der Waals surface area contributed by atoms with Crippen molar-refractivity contribution < 1.29 is 28.4 Å². The van der Waals surface area contributed by atoms with Gasteiger partial charge in [0.2, 0.25) is 0 Å². The molecule has 0 atom stereocenters. The molecule has 2 N–H and O–H groups in total. The van der Waals surface area contributed by atoms with Crippen LogP contribution in [0.1, 0.15) is 46.3 Å². The van der Waals surface area contributed by atoms with Crippen molar-refractivity contribution in [2.24, 2.45) is 0 Å². The molecule has 0 spiro atoms. The zero-order valence-electron chi connectivity index (χ0n) is 16.0. The van der Waals surface area contributed by atoms with Crippen molar-refractivity contribution in [3.8, 4) is 0 Å². The second-order valence-corrected chi connectivity index (χ2v) is 7.57. The molecule has 0 saturated heterocycles. The summed E-state index contributed by atoms with van der Waals surface area (Å²) in [5.74, 6) is -1.24. The number of nitrogens with one attached hydrogen (secondary N) is 1. The summed E-state index contributed by atoms with van der Waals surface area (Å²) in [5, 5.41) is 12.8. The highest BCUT2D eigenvalue weighted by molar-refractivity contribution is 6.62. The number of hydrogen-bond donors (Lipinski definition) is 2. The molecule has 0 radical (unpaired) electrons. The van der Waals surface area contributed by atoms with Crippen LogP contribution in [0, 0.1) is 12.7 Å². The highest BCUT2D eigenvalue weighted by Gasteiger charge is 2.47. The Kier molecular flexibility index (Phi) is 5.14. The van der Waals surface area contributed by atoms with Crippen LogP contribution in [0.3, 0.4) is 0 Å². The van der Waals surface area contributed by atoms with Crippen molar-refractivity contribution in [1.82, 2.24) is 5.32 Å². The first-order valence-corrected chi connectivity index (χ1v) is 9.56. The van der Waals surface area contributed by atoms with Crippen LogP contribution in [0.25, 0.3) is 0 Å². The molecule has 6 nitrogen and oxygen atoms in total. The number of benzene rings is 2. The molecule has 4 rings (SSSR count). The number of esters is 1. The van der Waals surface area contributed by atoms with E-state index in [9.17, 15) is 19.0 Å². The quantitative estimate of drug-likeness (QED) is 0.593. The lowest BCUT2D eigenvalue weighted by molar-refractivity contribution is -0.156. The predicted molar refractivity (Wildman–Crippen MR) is 104 cm³/mol. The molecule has 2 aromatic carbocycles. The molecule has 1 fully saturated rings. The average molecular weight is 397 g/mol. The first kappa shape index (κ1) is 19.6. The number of carbonyl (C=O) groups excluding carboxylic acids is 2. The summed E-state index contributed by atoms with van der Waals surface area (Å²) in [5.41, 5.74) is 2.11. The van der Waals surface area contributed by atoms with Gasteiger partial charge in [0.15, 0.2) is 0 Å². The van der Waals surface area contributed by atoms with Crippen LogP contribution in [0.15, 0.2) is 36.4 Å². The molecule has 1 heterocycles. The zero-order valence-corrected chi connectivity index (χ0v) is 16.0. The first-order valence-electron chi connectivity index (χ1n) is 9.56. The Balaban J connectivity index is 1.47. The smallest absolute Gasteiger partial charge is 0.459 e. The molecule has 150 valence electrons. The summed E-state index contributed by atoms with van der Waals surface area (Å²) < 4.78 is 23.6. The van der Waals surface area contributed by atoms with E-state index in [0.717, 1.165) is 12.0 Å². The molecule has 0 unspecified atom stereocenters. The maximum absolute atomic E-state index is 13.0. The molecular formula is C21H21BFNO5. The fourth-order valence-electron chi connectivity index (χ4n) is 3.82. The van der Waals surface area contributed by atoms with Gasteiger partial charge in [-0.05, 0) is 66.5 Å². The van der Waals surface area contributed by atoms with Gasteiger partial charge in [-0.25, -0.2) is 9.18 Å². The van der Waals surface area contributed by atoms with E-state index in [1.54, 1.807) is 31.2 Å². The SMILES string of the molecule is Cc1c(C(=O)NC2(C(=O)OCc3ccc(F)cc3)CCC2)ccc2c1B(O)OC2. The summed E-state index contributed by atoms with van der Waals surface area (Å²) >= 11 is 0. The van der Waals surface area contributed by atoms with Crippen LogP contribution < -0.4 is 10.8 Å². The van der Waals surface area contributed by atoms with Crippen molar-refractivity contribution in [3.63, 3.8) is 0 Å². The molecule has 8 heteroatoms. The molecule has 2 aliphatic rings. The monoisotopic (exact) mass is 397 g/mol. The minimum absolute atomic E-state index is 0.0120. The van der Waals surface area contributed by atoms with Gasteiger partial charge in [0.05, 0.1) is 6.61 Å². The van der Waals surface area contributed by atoms with Crippen molar-refractivity contribution >= 4 is 24.5 Å². The van der Waals surface area contributed by atoms with E-state index >= 15 is 0 Å². The van der Waals surface area contributed by atoms with Gasteiger partial charge in [0.25, 0.3) is 5.91 Å². The third kappa shape index (κ3) is 3.65. The fourth-order valence-corrected chi connectivity index (χ4v) is 3.82. The molecular weight excluding hydrogens is 376 g/mol. The highest BCUT2D eigenvalue weighted by Crippen LogP contribution is 2.34. The van der Waals surface area contributed by atoms with Crippen LogP contribution in [0.2, 0.25) is 0 Å². The first-order chi connectivity index (χ1) is 13.9. The topological polar surface area (TPSA) is 84.9 Å². The predicted octanol–water partition coefficient (Wildman–Crippen LogP) is 1.75. The van der Waals surface area contributed by atoms with Gasteiger partial charge in [-0.1, -0.05) is 18.2 Å². The molecule has 0 bridgehead atoms. The lowest BCUT2D eigenvalue weighted by Gasteiger charge is -2.39. The van der Waals surface area contributed by atoms with Gasteiger partial charge in [0.1, 0.15) is 18.0 Å². The fraction of sp³-hybridized carbons (Fsp3) is 0.333. The molecule has 2 aromatic rings. The Morgan fingerprint density at radius 2 is 1.97 bits per heavy atom. The van der Waals surface area contributed by atoms with Gasteiger partial charge >= 0.3 is 13.1 Å². The number of ether oxygens (including phenoxy) is 1. The Morgan fingerprint density at radius 3 is 2.62 bits per heavy atom. The summed E-state index contributed by atoms with van der Waals surface area (Å²) in [7, 11) is -1.05. The number of halogens is 1. The molecule has 1 saturated carbocycles. The normalized spacial score (nSPS) is 16.7. The van der Waals surface area contributed by atoms with Gasteiger partial charge in [-0.3, -0.25) is 4.79 Å². The van der Waals surface area contributed by atoms with Crippen LogP contribution in [-0.2, 0) is 27.4 Å². The van der Waals surface area contributed by atoms with Crippen LogP contribution in [0.4, 0.5) is 4.39 Å². The lowest BCUT2D eigenvalue weighted by Crippen LogP contribution is -2.59. The van der Waals surface area contributed by atoms with Crippen molar-refractivity contribution in [2.75, 3.05) is 0 Å². The Hall–Kier alpha value is -2.71.